The van der Waals surface area contributed by atoms with Crippen molar-refractivity contribution in [2.45, 2.75) is 38.5 Å². The molecule has 3 heterocycles. The van der Waals surface area contributed by atoms with E-state index in [4.69, 9.17) is 9.47 Å². The standard InChI is InChI=1S/C19H22N4O4/c1-13-19(25)23(16-6-2-3-7-17(16)27-13)12-18(24)21-14-9-20-22(10-14)11-15-5-4-8-26-15/h2-3,6-7,9-10,13,15H,4-5,8,11-12H2,1H3,(H,21,24). The molecule has 2 aromatic rings. The van der Waals surface area contributed by atoms with E-state index < -0.39 is 6.10 Å². The molecule has 2 amide bonds. The van der Waals surface area contributed by atoms with E-state index in [2.05, 4.69) is 10.4 Å². The first-order valence-electron chi connectivity index (χ1n) is 9.11. The first-order valence-corrected chi connectivity index (χ1v) is 9.11. The normalized spacial score (nSPS) is 21.7. The van der Waals surface area contributed by atoms with Crippen LogP contribution in [-0.4, -0.2) is 47.0 Å². The summed E-state index contributed by atoms with van der Waals surface area (Å²) < 4.78 is 13.0. The fraction of sp³-hybridized carbons (Fsp3) is 0.421. The van der Waals surface area contributed by atoms with Gasteiger partial charge in [-0.15, -0.1) is 0 Å². The molecule has 0 aliphatic carbocycles. The van der Waals surface area contributed by atoms with Crippen LogP contribution in [0.2, 0.25) is 0 Å². The molecule has 0 spiro atoms. The quantitative estimate of drug-likeness (QED) is 0.868. The molecular weight excluding hydrogens is 348 g/mol. The van der Waals surface area contributed by atoms with Gasteiger partial charge in [0.1, 0.15) is 12.3 Å². The summed E-state index contributed by atoms with van der Waals surface area (Å²) in [7, 11) is 0. The molecule has 1 fully saturated rings. The molecule has 1 aromatic heterocycles. The number of benzene rings is 1. The second-order valence-electron chi connectivity index (χ2n) is 6.79. The number of ether oxygens (including phenoxy) is 2. The van der Waals surface area contributed by atoms with Crippen molar-refractivity contribution in [3.05, 3.63) is 36.7 Å². The molecule has 0 bridgehead atoms. The summed E-state index contributed by atoms with van der Waals surface area (Å²) in [4.78, 5) is 26.4. The maximum Gasteiger partial charge on any atom is 0.268 e. The first kappa shape index (κ1) is 17.5. The van der Waals surface area contributed by atoms with E-state index in [1.807, 2.05) is 12.1 Å². The molecular formula is C19H22N4O4. The maximum atomic E-state index is 12.5. The van der Waals surface area contributed by atoms with Gasteiger partial charge < -0.3 is 14.8 Å². The molecule has 0 radical (unpaired) electrons. The van der Waals surface area contributed by atoms with Crippen LogP contribution in [0.3, 0.4) is 0 Å². The third-order valence-corrected chi connectivity index (χ3v) is 4.71. The van der Waals surface area contributed by atoms with Crippen LogP contribution >= 0.6 is 0 Å². The maximum absolute atomic E-state index is 12.5. The highest BCUT2D eigenvalue weighted by atomic mass is 16.5. The number of hydrogen-bond acceptors (Lipinski definition) is 5. The minimum Gasteiger partial charge on any atom is -0.479 e. The molecule has 1 saturated heterocycles. The van der Waals surface area contributed by atoms with E-state index in [1.54, 1.807) is 36.1 Å². The second-order valence-corrected chi connectivity index (χ2v) is 6.79. The molecule has 2 aliphatic rings. The van der Waals surface area contributed by atoms with Gasteiger partial charge in [-0.1, -0.05) is 12.1 Å². The Balaban J connectivity index is 1.40. The predicted octanol–water partition coefficient (Wildman–Crippen LogP) is 1.81. The highest BCUT2D eigenvalue weighted by Gasteiger charge is 2.32. The van der Waals surface area contributed by atoms with Crippen LogP contribution < -0.4 is 15.0 Å². The van der Waals surface area contributed by atoms with Crippen LogP contribution in [-0.2, 0) is 20.9 Å². The van der Waals surface area contributed by atoms with Crippen molar-refractivity contribution in [1.29, 1.82) is 0 Å². The van der Waals surface area contributed by atoms with Crippen LogP contribution in [0.15, 0.2) is 36.7 Å². The number of para-hydroxylation sites is 2. The molecule has 8 nitrogen and oxygen atoms in total. The Hall–Kier alpha value is -2.87. The summed E-state index contributed by atoms with van der Waals surface area (Å²) in [5.41, 5.74) is 1.20. The van der Waals surface area contributed by atoms with Gasteiger partial charge in [0.05, 0.1) is 30.2 Å². The molecule has 4 rings (SSSR count). The van der Waals surface area contributed by atoms with Crippen LogP contribution in [0.4, 0.5) is 11.4 Å². The predicted molar refractivity (Wildman–Crippen MR) is 98.7 cm³/mol. The molecule has 0 saturated carbocycles. The number of nitrogens with one attached hydrogen (secondary N) is 1. The van der Waals surface area contributed by atoms with Crippen molar-refractivity contribution >= 4 is 23.2 Å². The molecule has 2 aliphatic heterocycles. The lowest BCUT2D eigenvalue weighted by Crippen LogP contribution is -2.47. The average Bonchev–Trinajstić information content (AvgIpc) is 3.31. The topological polar surface area (TPSA) is 85.7 Å². The molecule has 2 unspecified atom stereocenters. The number of nitrogens with zero attached hydrogens (tertiary/aromatic N) is 3. The van der Waals surface area contributed by atoms with Crippen LogP contribution in [0.25, 0.3) is 0 Å². The smallest absolute Gasteiger partial charge is 0.268 e. The largest absolute Gasteiger partial charge is 0.479 e. The summed E-state index contributed by atoms with van der Waals surface area (Å²) in [6.45, 7) is 3.06. The van der Waals surface area contributed by atoms with Gasteiger partial charge in [0.15, 0.2) is 6.10 Å². The Labute approximate surface area is 157 Å². The molecule has 1 N–H and O–H groups in total. The van der Waals surface area contributed by atoms with Crippen molar-refractivity contribution in [3.63, 3.8) is 0 Å². The zero-order valence-corrected chi connectivity index (χ0v) is 15.1. The van der Waals surface area contributed by atoms with Crippen molar-refractivity contribution in [2.75, 3.05) is 23.4 Å². The Morgan fingerprint density at radius 3 is 3.04 bits per heavy atom. The zero-order valence-electron chi connectivity index (χ0n) is 15.1. The zero-order chi connectivity index (χ0) is 18.8. The van der Waals surface area contributed by atoms with Crippen molar-refractivity contribution < 1.29 is 19.1 Å². The lowest BCUT2D eigenvalue weighted by molar-refractivity contribution is -0.127. The van der Waals surface area contributed by atoms with E-state index in [0.717, 1.165) is 19.4 Å². The van der Waals surface area contributed by atoms with Gasteiger partial charge in [0.25, 0.3) is 5.91 Å². The van der Waals surface area contributed by atoms with Crippen LogP contribution in [0.5, 0.6) is 5.75 Å². The van der Waals surface area contributed by atoms with Gasteiger partial charge in [-0.05, 0) is 31.9 Å². The van der Waals surface area contributed by atoms with Gasteiger partial charge in [0, 0.05) is 12.8 Å². The fourth-order valence-corrected chi connectivity index (χ4v) is 3.39. The fourth-order valence-electron chi connectivity index (χ4n) is 3.39. The highest BCUT2D eigenvalue weighted by molar-refractivity contribution is 6.06. The van der Waals surface area contributed by atoms with E-state index in [0.29, 0.717) is 23.7 Å². The number of rotatable bonds is 5. The monoisotopic (exact) mass is 370 g/mol. The number of aromatic nitrogens is 2. The van der Waals surface area contributed by atoms with Crippen LogP contribution in [0.1, 0.15) is 19.8 Å². The van der Waals surface area contributed by atoms with E-state index >= 15 is 0 Å². The second kappa shape index (κ2) is 7.40. The Morgan fingerprint density at radius 1 is 1.37 bits per heavy atom. The molecule has 27 heavy (non-hydrogen) atoms. The number of fused-ring (bicyclic) bond motifs is 1. The summed E-state index contributed by atoms with van der Waals surface area (Å²) >= 11 is 0. The number of carbonyl (C=O) groups is 2. The van der Waals surface area contributed by atoms with E-state index in [-0.39, 0.29) is 24.5 Å². The lowest BCUT2D eigenvalue weighted by atomic mass is 10.2. The third-order valence-electron chi connectivity index (χ3n) is 4.71. The number of anilines is 2. The number of amides is 2. The van der Waals surface area contributed by atoms with Gasteiger partial charge >= 0.3 is 0 Å². The Morgan fingerprint density at radius 2 is 2.22 bits per heavy atom. The first-order chi connectivity index (χ1) is 13.1. The molecule has 142 valence electrons. The van der Waals surface area contributed by atoms with Crippen molar-refractivity contribution in [1.82, 2.24) is 9.78 Å². The van der Waals surface area contributed by atoms with Gasteiger partial charge in [-0.3, -0.25) is 19.2 Å². The third kappa shape index (κ3) is 3.80. The van der Waals surface area contributed by atoms with Crippen molar-refractivity contribution in [2.24, 2.45) is 0 Å². The van der Waals surface area contributed by atoms with Gasteiger partial charge in [0.2, 0.25) is 5.91 Å². The minimum atomic E-state index is -0.623. The highest BCUT2D eigenvalue weighted by Crippen LogP contribution is 2.33. The number of carbonyl (C=O) groups excluding carboxylic acids is 2. The molecule has 8 heteroatoms. The molecule has 1 aromatic carbocycles. The summed E-state index contributed by atoms with van der Waals surface area (Å²) in [5, 5.41) is 7.07. The lowest BCUT2D eigenvalue weighted by Gasteiger charge is -2.32. The minimum absolute atomic E-state index is 0.0829. The summed E-state index contributed by atoms with van der Waals surface area (Å²) in [6, 6.07) is 7.21. The summed E-state index contributed by atoms with van der Waals surface area (Å²) in [5.74, 6) is 0.0728. The van der Waals surface area contributed by atoms with Crippen LogP contribution in [0, 0.1) is 0 Å². The average molecular weight is 370 g/mol. The molecule has 2 atom stereocenters. The Kier molecular flexibility index (Phi) is 4.81. The summed E-state index contributed by atoms with van der Waals surface area (Å²) in [6.07, 6.45) is 5.03. The SMILES string of the molecule is CC1Oc2ccccc2N(CC(=O)Nc2cnn(CC3CCCO3)c2)C1=O. The van der Waals surface area contributed by atoms with Crippen molar-refractivity contribution in [3.8, 4) is 5.75 Å². The number of hydrogen-bond donors (Lipinski definition) is 1. The van der Waals surface area contributed by atoms with E-state index in [9.17, 15) is 9.59 Å². The van der Waals surface area contributed by atoms with Gasteiger partial charge in [-0.25, -0.2) is 0 Å². The van der Waals surface area contributed by atoms with E-state index in [1.165, 1.54) is 4.90 Å². The Bertz CT molecular complexity index is 844. The van der Waals surface area contributed by atoms with Gasteiger partial charge in [-0.2, -0.15) is 5.10 Å².